The van der Waals surface area contributed by atoms with Crippen LogP contribution in [-0.4, -0.2) is 45.6 Å². The topological polar surface area (TPSA) is 108 Å². The molecule has 0 aliphatic carbocycles. The van der Waals surface area contributed by atoms with Crippen LogP contribution in [-0.2, 0) is 9.84 Å². The van der Waals surface area contributed by atoms with Gasteiger partial charge >= 0.3 is 0 Å². The number of nitrogens with zero attached hydrogens (tertiary/aromatic N) is 2. The minimum absolute atomic E-state index is 0.0231. The van der Waals surface area contributed by atoms with Gasteiger partial charge in [-0.25, -0.2) is 13.4 Å². The van der Waals surface area contributed by atoms with E-state index in [0.717, 1.165) is 6.26 Å². The first-order valence-corrected chi connectivity index (χ1v) is 9.12. The van der Waals surface area contributed by atoms with Crippen molar-refractivity contribution < 1.29 is 18.0 Å². The molecule has 2 aromatic rings. The van der Waals surface area contributed by atoms with Crippen molar-refractivity contribution in [1.82, 2.24) is 15.8 Å². The molecule has 1 heterocycles. The summed E-state index contributed by atoms with van der Waals surface area (Å²) < 4.78 is 23.0. The lowest BCUT2D eigenvalue weighted by atomic mass is 10.2. The molecular formula is C16H18N4O4S. The second-order valence-electron chi connectivity index (χ2n) is 5.51. The zero-order chi connectivity index (χ0) is 18.6. The molecule has 0 aliphatic rings. The normalized spacial score (nSPS) is 10.8. The molecule has 25 heavy (non-hydrogen) atoms. The van der Waals surface area contributed by atoms with Crippen molar-refractivity contribution >= 4 is 27.5 Å². The lowest BCUT2D eigenvalue weighted by Crippen LogP contribution is -2.41. The van der Waals surface area contributed by atoms with E-state index in [1.165, 1.54) is 30.5 Å². The Kier molecular flexibility index (Phi) is 5.38. The van der Waals surface area contributed by atoms with Crippen LogP contribution in [0.1, 0.15) is 20.7 Å². The molecule has 0 saturated carbocycles. The van der Waals surface area contributed by atoms with E-state index in [0.29, 0.717) is 5.82 Å². The Morgan fingerprint density at radius 3 is 2.16 bits per heavy atom. The van der Waals surface area contributed by atoms with E-state index in [-0.39, 0.29) is 16.0 Å². The number of pyridine rings is 1. The molecule has 0 fully saturated rings. The highest BCUT2D eigenvalue weighted by Crippen LogP contribution is 2.11. The summed E-state index contributed by atoms with van der Waals surface area (Å²) in [6.07, 6.45) is 2.44. The fourth-order valence-electron chi connectivity index (χ4n) is 1.91. The van der Waals surface area contributed by atoms with Crippen LogP contribution in [0, 0.1) is 0 Å². The summed E-state index contributed by atoms with van der Waals surface area (Å²) in [6.45, 7) is 0. The molecule has 2 rings (SSSR count). The Bertz CT molecular complexity index is 893. The van der Waals surface area contributed by atoms with E-state index < -0.39 is 21.7 Å². The summed E-state index contributed by atoms with van der Waals surface area (Å²) in [6, 6.07) is 8.79. The van der Waals surface area contributed by atoms with E-state index in [9.17, 15) is 18.0 Å². The summed E-state index contributed by atoms with van der Waals surface area (Å²) in [5.41, 5.74) is 4.89. The molecule has 1 aromatic carbocycles. The summed E-state index contributed by atoms with van der Waals surface area (Å²) in [7, 11) is 0.229. The minimum Gasteiger partial charge on any atom is -0.363 e. The maximum atomic E-state index is 12.1. The maximum Gasteiger partial charge on any atom is 0.271 e. The zero-order valence-corrected chi connectivity index (χ0v) is 14.8. The fourth-order valence-corrected chi connectivity index (χ4v) is 2.58. The quantitative estimate of drug-likeness (QED) is 0.772. The Morgan fingerprint density at radius 2 is 1.64 bits per heavy atom. The highest BCUT2D eigenvalue weighted by atomic mass is 32.2. The van der Waals surface area contributed by atoms with Crippen molar-refractivity contribution in [2.45, 2.75) is 4.90 Å². The monoisotopic (exact) mass is 362 g/mol. The highest BCUT2D eigenvalue weighted by Gasteiger charge is 2.13. The molecule has 2 N–H and O–H groups in total. The third kappa shape index (κ3) is 4.77. The third-order valence-electron chi connectivity index (χ3n) is 3.28. The van der Waals surface area contributed by atoms with Gasteiger partial charge in [-0.1, -0.05) is 6.07 Å². The molecular weight excluding hydrogens is 344 g/mol. The molecule has 0 atom stereocenters. The minimum atomic E-state index is -3.42. The molecule has 0 spiro atoms. The number of hydrogen-bond donors (Lipinski definition) is 2. The van der Waals surface area contributed by atoms with Crippen LogP contribution < -0.4 is 15.8 Å². The molecule has 2 amide bonds. The fraction of sp³-hybridized carbons (Fsp3) is 0.188. The Balaban J connectivity index is 2.03. The maximum absolute atomic E-state index is 12.1. The van der Waals surface area contributed by atoms with E-state index in [2.05, 4.69) is 15.8 Å². The van der Waals surface area contributed by atoms with Gasteiger partial charge in [0.1, 0.15) is 5.82 Å². The number of sulfone groups is 1. The Labute approximate surface area is 145 Å². The predicted molar refractivity (Wildman–Crippen MR) is 93.0 cm³/mol. The van der Waals surface area contributed by atoms with E-state index in [1.54, 1.807) is 17.0 Å². The summed E-state index contributed by atoms with van der Waals surface area (Å²) >= 11 is 0. The van der Waals surface area contributed by atoms with Crippen molar-refractivity contribution in [1.29, 1.82) is 0 Å². The molecule has 9 heteroatoms. The smallest absolute Gasteiger partial charge is 0.271 e. The number of nitrogens with one attached hydrogen (secondary N) is 2. The van der Waals surface area contributed by atoms with Gasteiger partial charge in [-0.3, -0.25) is 20.4 Å². The van der Waals surface area contributed by atoms with Gasteiger partial charge in [0.2, 0.25) is 0 Å². The highest BCUT2D eigenvalue weighted by molar-refractivity contribution is 7.90. The first kappa shape index (κ1) is 18.4. The largest absolute Gasteiger partial charge is 0.363 e. The number of anilines is 1. The molecule has 0 unspecified atom stereocenters. The Hall–Kier alpha value is -2.94. The number of hydrogen-bond acceptors (Lipinski definition) is 6. The lowest BCUT2D eigenvalue weighted by Gasteiger charge is -2.11. The van der Waals surface area contributed by atoms with Crippen molar-refractivity contribution in [3.8, 4) is 0 Å². The van der Waals surface area contributed by atoms with Crippen LogP contribution in [0.2, 0.25) is 0 Å². The molecule has 1 aromatic heterocycles. The van der Waals surface area contributed by atoms with E-state index >= 15 is 0 Å². The van der Waals surface area contributed by atoms with Crippen LogP contribution in [0.15, 0.2) is 47.5 Å². The summed E-state index contributed by atoms with van der Waals surface area (Å²) in [5, 5.41) is 0. The number of hydrazine groups is 1. The summed E-state index contributed by atoms with van der Waals surface area (Å²) in [4.78, 5) is 30.0. The first-order valence-electron chi connectivity index (χ1n) is 7.22. The van der Waals surface area contributed by atoms with Gasteiger partial charge in [0.15, 0.2) is 9.84 Å². The molecule has 8 nitrogen and oxygen atoms in total. The average molecular weight is 362 g/mol. The second-order valence-corrected chi connectivity index (χ2v) is 7.52. The summed E-state index contributed by atoms with van der Waals surface area (Å²) in [5.74, 6) is -0.472. The molecule has 0 bridgehead atoms. The third-order valence-corrected chi connectivity index (χ3v) is 4.39. The van der Waals surface area contributed by atoms with E-state index in [4.69, 9.17) is 0 Å². The van der Waals surface area contributed by atoms with Gasteiger partial charge in [0, 0.05) is 32.1 Å². The van der Waals surface area contributed by atoms with Crippen molar-refractivity contribution in [3.05, 3.63) is 53.7 Å². The van der Waals surface area contributed by atoms with Crippen LogP contribution in [0.5, 0.6) is 0 Å². The molecule has 0 saturated heterocycles. The standard InChI is InChI=1S/C16H18N4O4S/c1-20(2)14-8-7-12(10-17-14)16(22)19-18-15(21)11-5-4-6-13(9-11)25(3,23)24/h4-10H,1-3H3,(H,18,21)(H,19,22). The van der Waals surface area contributed by atoms with E-state index in [1.807, 2.05) is 14.1 Å². The van der Waals surface area contributed by atoms with Gasteiger partial charge in [-0.05, 0) is 30.3 Å². The van der Waals surface area contributed by atoms with Gasteiger partial charge in [0.25, 0.3) is 11.8 Å². The molecule has 0 aliphatic heterocycles. The number of aromatic nitrogens is 1. The lowest BCUT2D eigenvalue weighted by molar-refractivity contribution is 0.0846. The van der Waals surface area contributed by atoms with Gasteiger partial charge in [0.05, 0.1) is 10.5 Å². The van der Waals surface area contributed by atoms with Crippen LogP contribution in [0.4, 0.5) is 5.82 Å². The number of carbonyl (C=O) groups is 2. The number of rotatable bonds is 4. The SMILES string of the molecule is CN(C)c1ccc(C(=O)NNC(=O)c2cccc(S(C)(=O)=O)c2)cn1. The number of carbonyl (C=O) groups excluding carboxylic acids is 2. The van der Waals surface area contributed by atoms with Crippen molar-refractivity contribution in [3.63, 3.8) is 0 Å². The number of amides is 2. The van der Waals surface area contributed by atoms with Crippen LogP contribution in [0.3, 0.4) is 0 Å². The second kappa shape index (κ2) is 7.31. The van der Waals surface area contributed by atoms with Crippen molar-refractivity contribution in [2.75, 3.05) is 25.3 Å². The van der Waals surface area contributed by atoms with Crippen LogP contribution in [0.25, 0.3) is 0 Å². The van der Waals surface area contributed by atoms with Gasteiger partial charge in [-0.15, -0.1) is 0 Å². The molecule has 0 radical (unpaired) electrons. The Morgan fingerprint density at radius 1 is 1.00 bits per heavy atom. The first-order chi connectivity index (χ1) is 11.7. The predicted octanol–water partition coefficient (Wildman–Crippen LogP) is 0.626. The van der Waals surface area contributed by atoms with Gasteiger partial charge < -0.3 is 4.90 Å². The van der Waals surface area contributed by atoms with Gasteiger partial charge in [-0.2, -0.15) is 0 Å². The van der Waals surface area contributed by atoms with Crippen LogP contribution >= 0.6 is 0 Å². The number of benzene rings is 1. The van der Waals surface area contributed by atoms with Crippen molar-refractivity contribution in [2.24, 2.45) is 0 Å². The average Bonchev–Trinajstić information content (AvgIpc) is 2.58. The molecule has 132 valence electrons. The zero-order valence-electron chi connectivity index (χ0n) is 14.0.